The fraction of sp³-hybridized carbons (Fsp3) is 0.0588. The van der Waals surface area contributed by atoms with Crippen molar-refractivity contribution in [2.75, 3.05) is 5.73 Å². The van der Waals surface area contributed by atoms with Crippen molar-refractivity contribution in [1.29, 1.82) is 0 Å². The molecule has 23 heavy (non-hydrogen) atoms. The molecule has 0 aliphatic rings. The van der Waals surface area contributed by atoms with Crippen LogP contribution in [0.5, 0.6) is 5.88 Å². The van der Waals surface area contributed by atoms with E-state index in [-0.39, 0.29) is 17.7 Å². The molecular formula is C17H15N3O3. The molecule has 116 valence electrons. The summed E-state index contributed by atoms with van der Waals surface area (Å²) in [5.74, 6) is 0.0412. The van der Waals surface area contributed by atoms with Gasteiger partial charge in [0.25, 0.3) is 5.88 Å². The van der Waals surface area contributed by atoms with E-state index in [2.05, 4.69) is 4.98 Å². The quantitative estimate of drug-likeness (QED) is 0.722. The highest BCUT2D eigenvalue weighted by molar-refractivity contribution is 5.63. The Morgan fingerprint density at radius 3 is 2.04 bits per heavy atom. The second-order valence-electron chi connectivity index (χ2n) is 4.93. The predicted octanol–water partition coefficient (Wildman–Crippen LogP) is 3.16. The van der Waals surface area contributed by atoms with E-state index in [9.17, 15) is 4.79 Å². The van der Waals surface area contributed by atoms with Gasteiger partial charge in [-0.1, -0.05) is 60.7 Å². The topological polar surface area (TPSA) is 90.4 Å². The summed E-state index contributed by atoms with van der Waals surface area (Å²) in [6, 6.07) is 19.1. The third-order valence-corrected chi connectivity index (χ3v) is 3.47. The number of nitrogens with two attached hydrogens (primary N) is 1. The molecule has 0 spiro atoms. The number of imidazole rings is 1. The zero-order chi connectivity index (χ0) is 16.2. The smallest absolute Gasteiger partial charge is 0.449 e. The Hall–Kier alpha value is -3.28. The molecule has 0 saturated carbocycles. The summed E-state index contributed by atoms with van der Waals surface area (Å²) >= 11 is 0. The average molecular weight is 309 g/mol. The van der Waals surface area contributed by atoms with Crippen LogP contribution in [-0.2, 0) is 0 Å². The van der Waals surface area contributed by atoms with E-state index in [0.29, 0.717) is 0 Å². The Morgan fingerprint density at radius 1 is 1.04 bits per heavy atom. The van der Waals surface area contributed by atoms with Crippen LogP contribution in [0.3, 0.4) is 0 Å². The van der Waals surface area contributed by atoms with Crippen molar-refractivity contribution in [3.8, 4) is 5.88 Å². The van der Waals surface area contributed by atoms with Crippen LogP contribution in [0.4, 0.5) is 10.6 Å². The molecule has 1 aromatic heterocycles. The number of nitrogens with zero attached hydrogens (tertiary/aromatic N) is 2. The second-order valence-corrected chi connectivity index (χ2v) is 4.93. The fourth-order valence-corrected chi connectivity index (χ4v) is 2.52. The maximum atomic E-state index is 10.9. The first kappa shape index (κ1) is 14.6. The number of ether oxygens (including phenoxy) is 1. The third-order valence-electron chi connectivity index (χ3n) is 3.47. The highest BCUT2D eigenvalue weighted by atomic mass is 16.7. The summed E-state index contributed by atoms with van der Waals surface area (Å²) < 4.78 is 6.45. The molecule has 0 bridgehead atoms. The van der Waals surface area contributed by atoms with Gasteiger partial charge in [0.15, 0.2) is 5.82 Å². The number of hydrogen-bond acceptors (Lipinski definition) is 4. The highest BCUT2D eigenvalue weighted by Gasteiger charge is 2.23. The van der Waals surface area contributed by atoms with Crippen molar-refractivity contribution in [1.82, 2.24) is 9.55 Å². The van der Waals surface area contributed by atoms with Gasteiger partial charge in [-0.25, -0.2) is 9.78 Å². The van der Waals surface area contributed by atoms with Crippen molar-refractivity contribution in [3.63, 3.8) is 0 Å². The summed E-state index contributed by atoms with van der Waals surface area (Å²) in [6.45, 7) is 0. The van der Waals surface area contributed by atoms with Crippen molar-refractivity contribution in [2.24, 2.45) is 0 Å². The van der Waals surface area contributed by atoms with E-state index in [1.54, 1.807) is 4.57 Å². The van der Waals surface area contributed by atoms with Crippen molar-refractivity contribution >= 4 is 12.0 Å². The van der Waals surface area contributed by atoms with Gasteiger partial charge >= 0.3 is 6.16 Å². The molecule has 0 radical (unpaired) electrons. The lowest BCUT2D eigenvalue weighted by molar-refractivity contribution is 0.140. The Labute approximate surface area is 132 Å². The average Bonchev–Trinajstić information content (AvgIpc) is 2.90. The number of carbonyl (C=O) groups is 1. The van der Waals surface area contributed by atoms with Gasteiger partial charge in [-0.3, -0.25) is 4.57 Å². The molecule has 2 aromatic carbocycles. The maximum absolute atomic E-state index is 10.9. The normalized spacial score (nSPS) is 10.7. The number of carboxylic acid groups (broad SMARTS) is 1. The number of benzene rings is 2. The molecule has 3 rings (SSSR count). The van der Waals surface area contributed by atoms with Crippen LogP contribution < -0.4 is 10.5 Å². The number of rotatable bonds is 4. The second kappa shape index (κ2) is 6.23. The minimum Gasteiger partial charge on any atom is -0.449 e. The molecule has 6 heteroatoms. The van der Waals surface area contributed by atoms with E-state index >= 15 is 0 Å². The number of hydrogen-bond donors (Lipinski definition) is 2. The summed E-state index contributed by atoms with van der Waals surface area (Å²) in [5, 5.41) is 8.94. The summed E-state index contributed by atoms with van der Waals surface area (Å²) in [5.41, 5.74) is 7.69. The molecule has 0 atom stereocenters. The predicted molar refractivity (Wildman–Crippen MR) is 85.4 cm³/mol. The Bertz CT molecular complexity index is 761. The van der Waals surface area contributed by atoms with Crippen LogP contribution in [0.2, 0.25) is 0 Å². The van der Waals surface area contributed by atoms with Gasteiger partial charge in [0.1, 0.15) is 6.33 Å². The lowest BCUT2D eigenvalue weighted by Crippen LogP contribution is -2.16. The standard InChI is InChI=1S/C17H15N3O3/c18-15-16(23-17(21)22)20(11-19-15)14(12-7-3-1-4-8-12)13-9-5-2-6-10-13/h1-11,14H,18H2,(H,21,22). The Morgan fingerprint density at radius 2 is 1.57 bits per heavy atom. The van der Waals surface area contributed by atoms with Crippen LogP contribution in [0.15, 0.2) is 67.0 Å². The zero-order valence-electron chi connectivity index (χ0n) is 12.2. The number of aromatic nitrogens is 2. The monoisotopic (exact) mass is 309 g/mol. The number of nitrogen functional groups attached to an aromatic ring is 1. The van der Waals surface area contributed by atoms with Gasteiger partial charge in [0.05, 0.1) is 6.04 Å². The minimum atomic E-state index is -1.43. The molecule has 0 saturated heterocycles. The first-order valence-electron chi connectivity index (χ1n) is 7.00. The van der Waals surface area contributed by atoms with Crippen LogP contribution in [0, 0.1) is 0 Å². The molecule has 0 aliphatic heterocycles. The van der Waals surface area contributed by atoms with Crippen molar-refractivity contribution in [2.45, 2.75) is 6.04 Å². The first-order chi connectivity index (χ1) is 11.2. The summed E-state index contributed by atoms with van der Waals surface area (Å²) in [6.07, 6.45) is 0.0523. The zero-order valence-corrected chi connectivity index (χ0v) is 12.2. The molecule has 3 aromatic rings. The molecule has 6 nitrogen and oxygen atoms in total. The van der Waals surface area contributed by atoms with Crippen LogP contribution in [0.1, 0.15) is 17.2 Å². The number of anilines is 1. The van der Waals surface area contributed by atoms with Crippen LogP contribution in [-0.4, -0.2) is 20.8 Å². The molecule has 0 amide bonds. The third kappa shape index (κ3) is 3.01. The maximum Gasteiger partial charge on any atom is 0.512 e. The van der Waals surface area contributed by atoms with Gasteiger partial charge < -0.3 is 15.6 Å². The van der Waals surface area contributed by atoms with Gasteiger partial charge in [-0.2, -0.15) is 0 Å². The minimum absolute atomic E-state index is 0.00945. The van der Waals surface area contributed by atoms with Gasteiger partial charge in [0.2, 0.25) is 0 Å². The molecular weight excluding hydrogens is 294 g/mol. The Kier molecular flexibility index (Phi) is 3.97. The first-order valence-corrected chi connectivity index (χ1v) is 7.00. The van der Waals surface area contributed by atoms with Crippen LogP contribution in [0.25, 0.3) is 0 Å². The van der Waals surface area contributed by atoms with Crippen molar-refractivity contribution in [3.05, 3.63) is 78.1 Å². The lowest BCUT2D eigenvalue weighted by atomic mass is 9.98. The largest absolute Gasteiger partial charge is 0.512 e. The Balaban J connectivity index is 2.16. The lowest BCUT2D eigenvalue weighted by Gasteiger charge is -2.21. The van der Waals surface area contributed by atoms with Crippen LogP contribution >= 0.6 is 0 Å². The van der Waals surface area contributed by atoms with Gasteiger partial charge in [0, 0.05) is 0 Å². The SMILES string of the molecule is Nc1ncn(C(c2ccccc2)c2ccccc2)c1OC(=O)O. The van der Waals surface area contributed by atoms with E-state index < -0.39 is 6.16 Å². The molecule has 1 heterocycles. The molecule has 3 N–H and O–H groups in total. The van der Waals surface area contributed by atoms with Gasteiger partial charge in [-0.15, -0.1) is 0 Å². The van der Waals surface area contributed by atoms with E-state index in [4.69, 9.17) is 15.6 Å². The fourth-order valence-electron chi connectivity index (χ4n) is 2.52. The molecule has 0 aliphatic carbocycles. The highest BCUT2D eigenvalue weighted by Crippen LogP contribution is 2.33. The van der Waals surface area contributed by atoms with Gasteiger partial charge in [-0.05, 0) is 11.1 Å². The van der Waals surface area contributed by atoms with E-state index in [1.807, 2.05) is 60.7 Å². The molecule has 0 unspecified atom stereocenters. The van der Waals surface area contributed by atoms with E-state index in [1.165, 1.54) is 6.33 Å². The molecule has 0 fully saturated rings. The van der Waals surface area contributed by atoms with Crippen molar-refractivity contribution < 1.29 is 14.6 Å². The summed E-state index contributed by atoms with van der Waals surface area (Å²) in [7, 11) is 0. The summed E-state index contributed by atoms with van der Waals surface area (Å²) in [4.78, 5) is 14.9. The van der Waals surface area contributed by atoms with E-state index in [0.717, 1.165) is 11.1 Å².